The number of nitrogens with zero attached hydrogens (tertiary/aromatic N) is 3. The minimum atomic E-state index is 0.0795. The number of benzene rings is 1. The Hall–Kier alpha value is -2.43. The number of nitrogens with one attached hydrogen (secondary N) is 1. The maximum atomic E-state index is 12.4. The van der Waals surface area contributed by atoms with E-state index in [-0.39, 0.29) is 11.8 Å². The molecule has 0 saturated carbocycles. The van der Waals surface area contributed by atoms with Gasteiger partial charge in [0, 0.05) is 37.4 Å². The van der Waals surface area contributed by atoms with E-state index in [1.807, 2.05) is 25.1 Å². The van der Waals surface area contributed by atoms with E-state index in [9.17, 15) is 4.79 Å². The van der Waals surface area contributed by atoms with Crippen molar-refractivity contribution in [2.75, 3.05) is 18.0 Å². The van der Waals surface area contributed by atoms with Crippen LogP contribution in [0.3, 0.4) is 0 Å². The van der Waals surface area contributed by atoms with Gasteiger partial charge in [-0.3, -0.25) is 4.79 Å². The minimum Gasteiger partial charge on any atom is -0.352 e. The van der Waals surface area contributed by atoms with Crippen LogP contribution in [0.1, 0.15) is 29.7 Å². The third-order valence-corrected chi connectivity index (χ3v) is 4.48. The Morgan fingerprint density at radius 1 is 1.25 bits per heavy atom. The normalized spacial score (nSPS) is 15.3. The quantitative estimate of drug-likeness (QED) is 0.939. The summed E-state index contributed by atoms with van der Waals surface area (Å²) in [5.74, 6) is 1.01. The summed E-state index contributed by atoms with van der Waals surface area (Å²) in [5.41, 5.74) is 3.33. The highest BCUT2D eigenvalue weighted by Crippen LogP contribution is 2.21. The van der Waals surface area contributed by atoms with Gasteiger partial charge in [-0.25, -0.2) is 9.97 Å². The molecule has 3 rings (SSSR count). The van der Waals surface area contributed by atoms with Gasteiger partial charge in [0.05, 0.1) is 0 Å². The zero-order valence-electron chi connectivity index (χ0n) is 14.3. The van der Waals surface area contributed by atoms with Crippen LogP contribution in [0.2, 0.25) is 0 Å². The third kappa shape index (κ3) is 4.10. The van der Waals surface area contributed by atoms with E-state index in [0.29, 0.717) is 6.54 Å². The third-order valence-electron chi connectivity index (χ3n) is 4.48. The van der Waals surface area contributed by atoms with Gasteiger partial charge in [0.2, 0.25) is 11.9 Å². The van der Waals surface area contributed by atoms with E-state index in [1.165, 1.54) is 5.56 Å². The van der Waals surface area contributed by atoms with Crippen molar-refractivity contribution in [2.24, 2.45) is 5.92 Å². The molecule has 1 fully saturated rings. The Bertz CT molecular complexity index is 708. The summed E-state index contributed by atoms with van der Waals surface area (Å²) >= 11 is 0. The Balaban J connectivity index is 1.50. The molecule has 1 N–H and O–H groups in total. The number of anilines is 1. The lowest BCUT2D eigenvalue weighted by Crippen LogP contribution is -2.41. The van der Waals surface area contributed by atoms with Gasteiger partial charge < -0.3 is 10.2 Å². The molecule has 5 heteroatoms. The monoisotopic (exact) mass is 324 g/mol. The summed E-state index contributed by atoms with van der Waals surface area (Å²) in [5, 5.41) is 3.07. The molecule has 0 atom stereocenters. The molecule has 0 spiro atoms. The van der Waals surface area contributed by atoms with Gasteiger partial charge in [-0.2, -0.15) is 0 Å². The van der Waals surface area contributed by atoms with Crippen LogP contribution < -0.4 is 10.2 Å². The van der Waals surface area contributed by atoms with Crippen molar-refractivity contribution >= 4 is 11.9 Å². The molecule has 1 aromatic carbocycles. The lowest BCUT2D eigenvalue weighted by molar-refractivity contribution is -0.125. The van der Waals surface area contributed by atoms with Crippen LogP contribution in [0, 0.1) is 19.8 Å². The van der Waals surface area contributed by atoms with Crippen molar-refractivity contribution in [3.8, 4) is 0 Å². The predicted molar refractivity (Wildman–Crippen MR) is 94.7 cm³/mol. The first-order valence-electron chi connectivity index (χ1n) is 8.49. The molecule has 1 saturated heterocycles. The highest BCUT2D eigenvalue weighted by Gasteiger charge is 2.25. The number of hydrogen-bond acceptors (Lipinski definition) is 4. The molecule has 0 radical (unpaired) electrons. The molecule has 0 aliphatic carbocycles. The first-order chi connectivity index (χ1) is 11.6. The SMILES string of the molecule is Cc1cccc(CNC(=O)C2CCN(c3nccc(C)n3)CC2)c1. The molecule has 0 bridgehead atoms. The van der Waals surface area contributed by atoms with E-state index in [2.05, 4.69) is 39.2 Å². The van der Waals surface area contributed by atoms with E-state index in [1.54, 1.807) is 6.20 Å². The lowest BCUT2D eigenvalue weighted by atomic mass is 9.96. The molecule has 126 valence electrons. The van der Waals surface area contributed by atoms with E-state index < -0.39 is 0 Å². The Kier molecular flexibility index (Phi) is 5.08. The van der Waals surface area contributed by atoms with E-state index >= 15 is 0 Å². The van der Waals surface area contributed by atoms with E-state index in [0.717, 1.165) is 43.1 Å². The molecule has 5 nitrogen and oxygen atoms in total. The van der Waals surface area contributed by atoms with Crippen molar-refractivity contribution in [3.63, 3.8) is 0 Å². The van der Waals surface area contributed by atoms with Crippen LogP contribution in [0.5, 0.6) is 0 Å². The second-order valence-corrected chi connectivity index (χ2v) is 6.47. The van der Waals surface area contributed by atoms with Crippen LogP contribution >= 0.6 is 0 Å². The van der Waals surface area contributed by atoms with Crippen molar-refractivity contribution in [1.82, 2.24) is 15.3 Å². The van der Waals surface area contributed by atoms with Crippen LogP contribution in [0.4, 0.5) is 5.95 Å². The second-order valence-electron chi connectivity index (χ2n) is 6.47. The first kappa shape index (κ1) is 16.4. The number of rotatable bonds is 4. The molecule has 0 unspecified atom stereocenters. The topological polar surface area (TPSA) is 58.1 Å². The number of aryl methyl sites for hydroxylation is 2. The van der Waals surface area contributed by atoms with Crippen LogP contribution in [-0.4, -0.2) is 29.0 Å². The van der Waals surface area contributed by atoms with Crippen LogP contribution in [0.25, 0.3) is 0 Å². The summed E-state index contributed by atoms with van der Waals surface area (Å²) in [7, 11) is 0. The minimum absolute atomic E-state index is 0.0795. The molecule has 1 amide bonds. The predicted octanol–water partition coefficient (Wildman–Crippen LogP) is 2.63. The fourth-order valence-corrected chi connectivity index (χ4v) is 3.09. The Morgan fingerprint density at radius 3 is 2.75 bits per heavy atom. The standard InChI is InChI=1S/C19H24N4O/c1-14-4-3-5-16(12-14)13-21-18(24)17-7-10-23(11-8-17)19-20-9-6-15(2)22-19/h3-6,9,12,17H,7-8,10-11,13H2,1-2H3,(H,21,24). The Morgan fingerprint density at radius 2 is 2.04 bits per heavy atom. The van der Waals surface area contributed by atoms with Crippen molar-refractivity contribution in [3.05, 3.63) is 53.3 Å². The van der Waals surface area contributed by atoms with Crippen molar-refractivity contribution in [1.29, 1.82) is 0 Å². The molecule has 1 aromatic heterocycles. The first-order valence-corrected chi connectivity index (χ1v) is 8.49. The highest BCUT2D eigenvalue weighted by molar-refractivity contribution is 5.78. The van der Waals surface area contributed by atoms with Crippen LogP contribution in [0.15, 0.2) is 36.5 Å². The van der Waals surface area contributed by atoms with Gasteiger partial charge in [0.1, 0.15) is 0 Å². The van der Waals surface area contributed by atoms with Gasteiger partial charge >= 0.3 is 0 Å². The smallest absolute Gasteiger partial charge is 0.225 e. The Labute approximate surface area is 143 Å². The maximum absolute atomic E-state index is 12.4. The number of carbonyl (C=O) groups is 1. The maximum Gasteiger partial charge on any atom is 0.225 e. The number of amides is 1. The highest BCUT2D eigenvalue weighted by atomic mass is 16.1. The van der Waals surface area contributed by atoms with Crippen molar-refractivity contribution in [2.45, 2.75) is 33.2 Å². The van der Waals surface area contributed by atoms with Gasteiger partial charge in [-0.05, 0) is 38.3 Å². The average molecular weight is 324 g/mol. The summed E-state index contributed by atoms with van der Waals surface area (Å²) in [6.45, 7) is 6.28. The summed E-state index contributed by atoms with van der Waals surface area (Å²) < 4.78 is 0. The van der Waals surface area contributed by atoms with Gasteiger partial charge in [0.25, 0.3) is 0 Å². The summed E-state index contributed by atoms with van der Waals surface area (Å²) in [4.78, 5) is 23.4. The van der Waals surface area contributed by atoms with Crippen LogP contribution in [-0.2, 0) is 11.3 Å². The van der Waals surface area contributed by atoms with Gasteiger partial charge in [0.15, 0.2) is 0 Å². The largest absolute Gasteiger partial charge is 0.352 e. The lowest BCUT2D eigenvalue weighted by Gasteiger charge is -2.31. The summed E-state index contributed by atoms with van der Waals surface area (Å²) in [6, 6.07) is 10.1. The fraction of sp³-hybridized carbons (Fsp3) is 0.421. The molecule has 1 aliphatic rings. The molecule has 24 heavy (non-hydrogen) atoms. The number of carbonyl (C=O) groups excluding carboxylic acids is 1. The summed E-state index contributed by atoms with van der Waals surface area (Å²) in [6.07, 6.45) is 3.48. The molecule has 1 aliphatic heterocycles. The molecular weight excluding hydrogens is 300 g/mol. The zero-order chi connectivity index (χ0) is 16.9. The van der Waals surface area contributed by atoms with Gasteiger partial charge in [-0.15, -0.1) is 0 Å². The average Bonchev–Trinajstić information content (AvgIpc) is 2.60. The second kappa shape index (κ2) is 7.43. The van der Waals surface area contributed by atoms with E-state index in [4.69, 9.17) is 0 Å². The molecular formula is C19H24N4O. The van der Waals surface area contributed by atoms with Gasteiger partial charge in [-0.1, -0.05) is 29.8 Å². The van der Waals surface area contributed by atoms with Crippen molar-refractivity contribution < 1.29 is 4.79 Å². The molecule has 2 heterocycles. The molecule has 2 aromatic rings. The zero-order valence-corrected chi connectivity index (χ0v) is 14.3. The number of aromatic nitrogens is 2. The fourth-order valence-electron chi connectivity index (χ4n) is 3.09. The number of piperidine rings is 1. The number of hydrogen-bond donors (Lipinski definition) is 1.